The Labute approximate surface area is 106 Å². The molecule has 1 saturated heterocycles. The first kappa shape index (κ1) is 12.7. The molecule has 0 spiro atoms. The fourth-order valence-corrected chi connectivity index (χ4v) is 2.53. The molecule has 18 heavy (non-hydrogen) atoms. The van der Waals surface area contributed by atoms with Gasteiger partial charge in [-0.25, -0.2) is 4.79 Å². The highest BCUT2D eigenvalue weighted by Crippen LogP contribution is 2.33. The third-order valence-corrected chi connectivity index (χ3v) is 3.65. The van der Waals surface area contributed by atoms with Gasteiger partial charge in [0.05, 0.1) is 29.6 Å². The van der Waals surface area contributed by atoms with Crippen molar-refractivity contribution in [1.82, 2.24) is 0 Å². The topological polar surface area (TPSA) is 86.8 Å². The first-order valence-corrected chi connectivity index (χ1v) is 6.05. The van der Waals surface area contributed by atoms with E-state index in [1.165, 1.54) is 6.07 Å². The van der Waals surface area contributed by atoms with E-state index in [1.54, 1.807) is 12.1 Å². The van der Waals surface area contributed by atoms with Gasteiger partial charge < -0.3 is 20.8 Å². The number of carbonyl (C=O) groups is 1. The van der Waals surface area contributed by atoms with Crippen molar-refractivity contribution >= 4 is 17.3 Å². The molecule has 1 aromatic rings. The Morgan fingerprint density at radius 3 is 2.83 bits per heavy atom. The van der Waals surface area contributed by atoms with Gasteiger partial charge in [-0.2, -0.15) is 0 Å². The number of hydrogen-bond acceptors (Lipinski definition) is 4. The largest absolute Gasteiger partial charge is 0.478 e. The van der Waals surface area contributed by atoms with Gasteiger partial charge in [0.15, 0.2) is 0 Å². The third-order valence-electron chi connectivity index (χ3n) is 3.65. The number of carboxylic acids is 1. The molecule has 0 radical (unpaired) electrons. The van der Waals surface area contributed by atoms with Crippen molar-refractivity contribution in [2.45, 2.75) is 19.4 Å². The van der Waals surface area contributed by atoms with Crippen LogP contribution in [0.4, 0.5) is 11.4 Å². The zero-order chi connectivity index (χ0) is 13.3. The van der Waals surface area contributed by atoms with Crippen molar-refractivity contribution in [2.75, 3.05) is 23.8 Å². The minimum absolute atomic E-state index is 0.0583. The molecule has 0 amide bonds. The number of aliphatic hydroxyl groups excluding tert-OH is 1. The fraction of sp³-hybridized carbons (Fsp3) is 0.462. The molecule has 0 aliphatic carbocycles. The van der Waals surface area contributed by atoms with Crippen LogP contribution in [-0.4, -0.2) is 35.4 Å². The summed E-state index contributed by atoms with van der Waals surface area (Å²) in [7, 11) is 0. The zero-order valence-corrected chi connectivity index (χ0v) is 10.3. The van der Waals surface area contributed by atoms with Gasteiger partial charge >= 0.3 is 5.97 Å². The predicted molar refractivity (Wildman–Crippen MR) is 69.8 cm³/mol. The van der Waals surface area contributed by atoms with E-state index in [0.717, 1.165) is 18.7 Å². The number of rotatable bonds is 3. The monoisotopic (exact) mass is 250 g/mol. The molecular formula is C13H18N2O3. The molecule has 2 atom stereocenters. The molecule has 2 unspecified atom stereocenters. The van der Waals surface area contributed by atoms with E-state index in [2.05, 4.69) is 11.8 Å². The highest BCUT2D eigenvalue weighted by Gasteiger charge is 2.31. The van der Waals surface area contributed by atoms with Crippen molar-refractivity contribution in [3.8, 4) is 0 Å². The summed E-state index contributed by atoms with van der Waals surface area (Å²) in [5, 5.41) is 18.3. The van der Waals surface area contributed by atoms with Gasteiger partial charge in [-0.3, -0.25) is 0 Å². The van der Waals surface area contributed by atoms with Gasteiger partial charge in [0.25, 0.3) is 0 Å². The molecule has 4 N–H and O–H groups in total. The van der Waals surface area contributed by atoms with Crippen LogP contribution < -0.4 is 10.6 Å². The third kappa shape index (κ3) is 2.13. The number of aromatic carboxylic acids is 1. The van der Waals surface area contributed by atoms with Crippen LogP contribution in [0.1, 0.15) is 23.7 Å². The average molecular weight is 250 g/mol. The van der Waals surface area contributed by atoms with Gasteiger partial charge in [-0.15, -0.1) is 0 Å². The number of carboxylic acid groups (broad SMARTS) is 1. The minimum Gasteiger partial charge on any atom is -0.478 e. The standard InChI is InChI=1S/C13H18N2O3/c1-8-4-5-15(12(8)7-16)11-3-2-9(13(17)18)6-10(11)14/h2-3,6,8,12,16H,4-5,7,14H2,1H3,(H,17,18). The summed E-state index contributed by atoms with van der Waals surface area (Å²) >= 11 is 0. The van der Waals surface area contributed by atoms with Gasteiger partial charge in [-0.1, -0.05) is 6.92 Å². The summed E-state index contributed by atoms with van der Waals surface area (Å²) in [6.07, 6.45) is 1.01. The SMILES string of the molecule is CC1CCN(c2ccc(C(=O)O)cc2N)C1CO. The summed E-state index contributed by atoms with van der Waals surface area (Å²) in [6.45, 7) is 3.02. The van der Waals surface area contributed by atoms with E-state index < -0.39 is 5.97 Å². The number of benzene rings is 1. The van der Waals surface area contributed by atoms with E-state index in [9.17, 15) is 9.90 Å². The van der Waals surface area contributed by atoms with Crippen LogP contribution in [-0.2, 0) is 0 Å². The summed E-state index contributed by atoms with van der Waals surface area (Å²) in [6, 6.07) is 4.79. The number of anilines is 2. The first-order chi connectivity index (χ1) is 8.54. The average Bonchev–Trinajstić information content (AvgIpc) is 2.70. The second kappa shape index (κ2) is 4.86. The summed E-state index contributed by atoms with van der Waals surface area (Å²) in [4.78, 5) is 12.9. The van der Waals surface area contributed by atoms with Crippen molar-refractivity contribution in [2.24, 2.45) is 5.92 Å². The van der Waals surface area contributed by atoms with Crippen LogP contribution in [0.2, 0.25) is 0 Å². The summed E-state index contributed by atoms with van der Waals surface area (Å²) < 4.78 is 0. The molecule has 0 aromatic heterocycles. The van der Waals surface area contributed by atoms with Gasteiger partial charge in [-0.05, 0) is 30.5 Å². The fourth-order valence-electron chi connectivity index (χ4n) is 2.53. The lowest BCUT2D eigenvalue weighted by Gasteiger charge is -2.28. The van der Waals surface area contributed by atoms with Crippen LogP contribution in [0, 0.1) is 5.92 Å². The molecule has 5 heteroatoms. The van der Waals surface area contributed by atoms with Crippen molar-refractivity contribution in [1.29, 1.82) is 0 Å². The molecule has 1 aromatic carbocycles. The van der Waals surface area contributed by atoms with Gasteiger partial charge in [0.1, 0.15) is 0 Å². The Kier molecular flexibility index (Phi) is 3.43. The highest BCUT2D eigenvalue weighted by atomic mass is 16.4. The Bertz CT molecular complexity index is 462. The molecule has 0 saturated carbocycles. The van der Waals surface area contributed by atoms with Crippen molar-refractivity contribution in [3.63, 3.8) is 0 Å². The number of nitrogens with zero attached hydrogens (tertiary/aromatic N) is 1. The van der Waals surface area contributed by atoms with Crippen LogP contribution in [0.5, 0.6) is 0 Å². The number of nitrogen functional groups attached to an aromatic ring is 1. The summed E-state index contributed by atoms with van der Waals surface area (Å²) in [5.41, 5.74) is 7.35. The lowest BCUT2D eigenvalue weighted by atomic mass is 10.0. The van der Waals surface area contributed by atoms with Gasteiger partial charge in [0.2, 0.25) is 0 Å². The number of hydrogen-bond donors (Lipinski definition) is 3. The van der Waals surface area contributed by atoms with E-state index in [0.29, 0.717) is 11.6 Å². The lowest BCUT2D eigenvalue weighted by molar-refractivity contribution is 0.0697. The predicted octanol–water partition coefficient (Wildman–Crippen LogP) is 1.17. The molecule has 1 fully saturated rings. The summed E-state index contributed by atoms with van der Waals surface area (Å²) in [5.74, 6) is -0.574. The smallest absolute Gasteiger partial charge is 0.335 e. The highest BCUT2D eigenvalue weighted by molar-refractivity contribution is 5.90. The van der Waals surface area contributed by atoms with Crippen molar-refractivity contribution < 1.29 is 15.0 Å². The van der Waals surface area contributed by atoms with Gasteiger partial charge in [0, 0.05) is 6.54 Å². The second-order valence-electron chi connectivity index (χ2n) is 4.79. The van der Waals surface area contributed by atoms with Crippen molar-refractivity contribution in [3.05, 3.63) is 23.8 Å². The Morgan fingerprint density at radius 2 is 2.28 bits per heavy atom. The van der Waals surface area contributed by atoms with E-state index in [4.69, 9.17) is 10.8 Å². The molecule has 98 valence electrons. The first-order valence-electron chi connectivity index (χ1n) is 6.05. The maximum atomic E-state index is 10.8. The minimum atomic E-state index is -0.984. The van der Waals surface area contributed by atoms with E-state index in [1.807, 2.05) is 0 Å². The number of aliphatic hydroxyl groups is 1. The Balaban J connectivity index is 2.31. The van der Waals surface area contributed by atoms with Crippen LogP contribution in [0.15, 0.2) is 18.2 Å². The van der Waals surface area contributed by atoms with Crippen LogP contribution in [0.3, 0.4) is 0 Å². The molecule has 2 rings (SSSR count). The maximum Gasteiger partial charge on any atom is 0.335 e. The molecular weight excluding hydrogens is 232 g/mol. The van der Waals surface area contributed by atoms with Crippen LogP contribution in [0.25, 0.3) is 0 Å². The Hall–Kier alpha value is -1.75. The number of nitrogens with two attached hydrogens (primary N) is 1. The van der Waals surface area contributed by atoms with Crippen LogP contribution >= 0.6 is 0 Å². The molecule has 0 bridgehead atoms. The Morgan fingerprint density at radius 1 is 1.56 bits per heavy atom. The molecule has 1 heterocycles. The normalized spacial score (nSPS) is 23.3. The van der Waals surface area contributed by atoms with E-state index in [-0.39, 0.29) is 18.2 Å². The molecule has 1 aliphatic heterocycles. The quantitative estimate of drug-likeness (QED) is 0.701. The lowest BCUT2D eigenvalue weighted by Crippen LogP contribution is -2.35. The molecule has 5 nitrogen and oxygen atoms in total. The second-order valence-corrected chi connectivity index (χ2v) is 4.79. The maximum absolute atomic E-state index is 10.8. The molecule has 1 aliphatic rings. The van der Waals surface area contributed by atoms with E-state index >= 15 is 0 Å². The zero-order valence-electron chi connectivity index (χ0n) is 10.3.